The number of anilines is 1. The van der Waals surface area contributed by atoms with Crippen LogP contribution in [0.3, 0.4) is 0 Å². The van der Waals surface area contributed by atoms with Crippen LogP contribution in [0.5, 0.6) is 5.75 Å². The van der Waals surface area contributed by atoms with Gasteiger partial charge in [0.2, 0.25) is 0 Å². The molecule has 6 nitrogen and oxygen atoms in total. The average molecular weight is 348 g/mol. The third kappa shape index (κ3) is 5.34. The van der Waals surface area contributed by atoms with Gasteiger partial charge in [0.15, 0.2) is 11.2 Å². The first-order chi connectivity index (χ1) is 11.5. The smallest absolute Gasteiger partial charge is 0.311 e. The molecule has 0 aliphatic carbocycles. The number of carbonyl (C=O) groups is 2. The summed E-state index contributed by atoms with van der Waals surface area (Å²) in [5.41, 5.74) is 1.63. The number of rotatable bonds is 7. The molecule has 7 heteroatoms. The monoisotopic (exact) mass is 348 g/mol. The highest BCUT2D eigenvalue weighted by molar-refractivity contribution is 7.13. The fourth-order valence-electron chi connectivity index (χ4n) is 1.96. The summed E-state index contributed by atoms with van der Waals surface area (Å²) >= 11 is 1.26. The molecule has 0 aliphatic heterocycles. The second-order valence-corrected chi connectivity index (χ2v) is 6.05. The molecule has 0 bridgehead atoms. The number of aromatic nitrogens is 1. The summed E-state index contributed by atoms with van der Waals surface area (Å²) in [7, 11) is 0. The zero-order valence-electron chi connectivity index (χ0n) is 13.9. The fourth-order valence-corrected chi connectivity index (χ4v) is 2.67. The highest BCUT2D eigenvalue weighted by Gasteiger charge is 2.17. The van der Waals surface area contributed by atoms with E-state index in [-0.39, 0.29) is 18.3 Å². The van der Waals surface area contributed by atoms with Gasteiger partial charge in [0.1, 0.15) is 5.75 Å². The van der Waals surface area contributed by atoms with Crippen LogP contribution in [0.25, 0.3) is 0 Å². The summed E-state index contributed by atoms with van der Waals surface area (Å²) < 4.78 is 10.5. The third-order valence-corrected chi connectivity index (χ3v) is 3.89. The van der Waals surface area contributed by atoms with Gasteiger partial charge in [-0.2, -0.15) is 0 Å². The Balaban J connectivity index is 1.89. The Morgan fingerprint density at radius 1 is 1.38 bits per heavy atom. The van der Waals surface area contributed by atoms with Gasteiger partial charge in [-0.25, -0.2) is 4.98 Å². The van der Waals surface area contributed by atoms with E-state index >= 15 is 0 Å². The molecule has 1 amide bonds. The normalized spacial score (nSPS) is 11.6. The Bertz CT molecular complexity index is 714. The van der Waals surface area contributed by atoms with Crippen molar-refractivity contribution >= 4 is 28.3 Å². The number of nitrogens with zero attached hydrogens (tertiary/aromatic N) is 1. The van der Waals surface area contributed by atoms with Crippen molar-refractivity contribution in [2.75, 3.05) is 11.9 Å². The summed E-state index contributed by atoms with van der Waals surface area (Å²) in [6.45, 7) is 5.71. The number of thiazole rings is 1. The molecule has 2 aromatic rings. The lowest BCUT2D eigenvalue weighted by atomic mass is 10.2. The number of benzene rings is 1. The van der Waals surface area contributed by atoms with Gasteiger partial charge in [0, 0.05) is 5.38 Å². The minimum absolute atomic E-state index is 0.0928. The molecular weight excluding hydrogens is 328 g/mol. The van der Waals surface area contributed by atoms with Gasteiger partial charge >= 0.3 is 5.97 Å². The van der Waals surface area contributed by atoms with E-state index in [2.05, 4.69) is 10.3 Å². The van der Waals surface area contributed by atoms with Crippen molar-refractivity contribution < 1.29 is 19.1 Å². The van der Waals surface area contributed by atoms with Crippen LogP contribution in [0.1, 0.15) is 25.1 Å². The Hall–Kier alpha value is -2.41. The summed E-state index contributed by atoms with van der Waals surface area (Å²) in [6, 6.07) is 7.50. The molecule has 0 aliphatic rings. The maximum atomic E-state index is 12.2. The minimum Gasteiger partial charge on any atom is -0.481 e. The van der Waals surface area contributed by atoms with E-state index in [1.165, 1.54) is 11.3 Å². The average Bonchev–Trinajstić information content (AvgIpc) is 2.94. The van der Waals surface area contributed by atoms with Gasteiger partial charge in [-0.3, -0.25) is 14.9 Å². The highest BCUT2D eigenvalue weighted by atomic mass is 32.1. The highest BCUT2D eigenvalue weighted by Crippen LogP contribution is 2.18. The van der Waals surface area contributed by atoms with Crippen LogP contribution in [0.4, 0.5) is 5.13 Å². The largest absolute Gasteiger partial charge is 0.481 e. The zero-order chi connectivity index (χ0) is 17.5. The Morgan fingerprint density at radius 3 is 2.88 bits per heavy atom. The minimum atomic E-state index is -0.663. The number of ether oxygens (including phenoxy) is 2. The van der Waals surface area contributed by atoms with E-state index < -0.39 is 6.10 Å². The van der Waals surface area contributed by atoms with E-state index in [1.807, 2.05) is 25.1 Å². The predicted octanol–water partition coefficient (Wildman–Crippen LogP) is 2.96. The Morgan fingerprint density at radius 2 is 2.17 bits per heavy atom. The topological polar surface area (TPSA) is 77.5 Å². The van der Waals surface area contributed by atoms with Crippen molar-refractivity contribution in [3.8, 4) is 5.75 Å². The lowest BCUT2D eigenvalue weighted by molar-refractivity contribution is -0.142. The van der Waals surface area contributed by atoms with Gasteiger partial charge in [-0.05, 0) is 38.5 Å². The van der Waals surface area contributed by atoms with Crippen LogP contribution in [0.2, 0.25) is 0 Å². The number of aryl methyl sites for hydroxylation is 1. The first-order valence-electron chi connectivity index (χ1n) is 7.62. The molecule has 24 heavy (non-hydrogen) atoms. The van der Waals surface area contributed by atoms with E-state index in [1.54, 1.807) is 25.3 Å². The van der Waals surface area contributed by atoms with Crippen LogP contribution >= 0.6 is 11.3 Å². The van der Waals surface area contributed by atoms with Crippen LogP contribution in [-0.4, -0.2) is 29.6 Å². The molecule has 2 rings (SSSR count). The van der Waals surface area contributed by atoms with Crippen LogP contribution < -0.4 is 10.1 Å². The number of amides is 1. The summed E-state index contributed by atoms with van der Waals surface area (Å²) in [5.74, 6) is 0.00477. The molecule has 128 valence electrons. The summed E-state index contributed by atoms with van der Waals surface area (Å²) in [6.07, 6.45) is -0.570. The molecule has 1 aromatic carbocycles. The predicted molar refractivity (Wildman–Crippen MR) is 92.3 cm³/mol. The quantitative estimate of drug-likeness (QED) is 0.779. The Labute approximate surface area is 144 Å². The van der Waals surface area contributed by atoms with Crippen LogP contribution in [0.15, 0.2) is 29.6 Å². The number of carbonyl (C=O) groups excluding carboxylic acids is 2. The number of hydrogen-bond acceptors (Lipinski definition) is 6. The van der Waals surface area contributed by atoms with Gasteiger partial charge in [0.05, 0.1) is 18.7 Å². The lowest BCUT2D eigenvalue weighted by Gasteiger charge is -2.14. The molecule has 1 atom stereocenters. The SMILES string of the molecule is CCOC(=O)Cc1csc(NC(=O)[C@@H](C)Oc2cccc(C)c2)n1. The Kier molecular flexibility index (Phi) is 6.31. The maximum absolute atomic E-state index is 12.2. The van der Waals surface area contributed by atoms with Crippen molar-refractivity contribution in [3.05, 3.63) is 40.9 Å². The van der Waals surface area contributed by atoms with Gasteiger partial charge < -0.3 is 9.47 Å². The third-order valence-electron chi connectivity index (χ3n) is 3.08. The van der Waals surface area contributed by atoms with E-state index in [0.29, 0.717) is 23.2 Å². The summed E-state index contributed by atoms with van der Waals surface area (Å²) in [4.78, 5) is 27.8. The molecule has 0 spiro atoms. The second kappa shape index (κ2) is 8.44. The molecule has 1 N–H and O–H groups in total. The second-order valence-electron chi connectivity index (χ2n) is 5.19. The van der Waals surface area contributed by atoms with E-state index in [4.69, 9.17) is 9.47 Å². The van der Waals surface area contributed by atoms with Crippen molar-refractivity contribution in [2.45, 2.75) is 33.3 Å². The van der Waals surface area contributed by atoms with E-state index in [0.717, 1.165) is 5.56 Å². The zero-order valence-corrected chi connectivity index (χ0v) is 14.7. The first-order valence-corrected chi connectivity index (χ1v) is 8.50. The molecule has 0 radical (unpaired) electrons. The van der Waals surface area contributed by atoms with Gasteiger partial charge in [-0.15, -0.1) is 11.3 Å². The van der Waals surface area contributed by atoms with Gasteiger partial charge in [0.25, 0.3) is 5.91 Å². The maximum Gasteiger partial charge on any atom is 0.311 e. The molecule has 0 fully saturated rings. The van der Waals surface area contributed by atoms with Crippen molar-refractivity contribution in [1.29, 1.82) is 0 Å². The number of nitrogens with one attached hydrogen (secondary N) is 1. The fraction of sp³-hybridized carbons (Fsp3) is 0.353. The number of esters is 1. The molecule has 1 aromatic heterocycles. The van der Waals surface area contributed by atoms with Crippen LogP contribution in [0, 0.1) is 6.92 Å². The summed E-state index contributed by atoms with van der Waals surface area (Å²) in [5, 5.41) is 4.84. The first kappa shape index (κ1) is 17.9. The lowest BCUT2D eigenvalue weighted by Crippen LogP contribution is -2.30. The van der Waals surface area contributed by atoms with Crippen molar-refractivity contribution in [1.82, 2.24) is 4.98 Å². The standard InChI is InChI=1S/C17H20N2O4S/c1-4-22-15(20)9-13-10-24-17(18-13)19-16(21)12(3)23-14-7-5-6-11(2)8-14/h5-8,10,12H,4,9H2,1-3H3,(H,18,19,21)/t12-/m1/s1. The molecule has 0 saturated carbocycles. The van der Waals surface area contributed by atoms with E-state index in [9.17, 15) is 9.59 Å². The van der Waals surface area contributed by atoms with Gasteiger partial charge in [-0.1, -0.05) is 12.1 Å². The molecular formula is C17H20N2O4S. The molecule has 1 heterocycles. The molecule has 0 saturated heterocycles. The van der Waals surface area contributed by atoms with Crippen molar-refractivity contribution in [3.63, 3.8) is 0 Å². The number of hydrogen-bond donors (Lipinski definition) is 1. The van der Waals surface area contributed by atoms with Crippen LogP contribution in [-0.2, 0) is 20.7 Å². The molecule has 0 unspecified atom stereocenters. The van der Waals surface area contributed by atoms with Crippen molar-refractivity contribution in [2.24, 2.45) is 0 Å².